The van der Waals surface area contributed by atoms with Crippen LogP contribution in [0.4, 0.5) is 0 Å². The monoisotopic (exact) mass is 371 g/mol. The Morgan fingerprint density at radius 2 is 1.74 bits per heavy atom. The van der Waals surface area contributed by atoms with Crippen LogP contribution in [0.5, 0.6) is 17.2 Å². The molecule has 146 valence electrons. The van der Waals surface area contributed by atoms with Crippen LogP contribution in [-0.2, 0) is 11.2 Å². The van der Waals surface area contributed by atoms with Gasteiger partial charge in [0.25, 0.3) is 5.91 Å². The molecule has 0 unspecified atom stereocenters. The van der Waals surface area contributed by atoms with Crippen molar-refractivity contribution in [1.29, 1.82) is 0 Å². The van der Waals surface area contributed by atoms with Gasteiger partial charge in [0.2, 0.25) is 0 Å². The predicted octanol–water partition coefficient (Wildman–Crippen LogP) is 3.84. The second-order valence-electron chi connectivity index (χ2n) is 6.59. The van der Waals surface area contributed by atoms with Crippen LogP contribution in [0, 0.1) is 13.8 Å². The van der Waals surface area contributed by atoms with Crippen molar-refractivity contribution in [1.82, 2.24) is 5.32 Å². The average Bonchev–Trinajstić information content (AvgIpc) is 2.67. The fourth-order valence-electron chi connectivity index (χ4n) is 2.73. The molecule has 27 heavy (non-hydrogen) atoms. The number of ether oxygens (including phenoxy) is 3. The summed E-state index contributed by atoms with van der Waals surface area (Å²) in [6.45, 7) is 6.43. The molecule has 2 aromatic carbocycles. The summed E-state index contributed by atoms with van der Waals surface area (Å²) in [6, 6.07) is 11.7. The molecule has 0 bridgehead atoms. The summed E-state index contributed by atoms with van der Waals surface area (Å²) < 4.78 is 16.3. The lowest BCUT2D eigenvalue weighted by atomic mass is 10.1. The standard InChI is InChI=1S/C22H29NO4/c1-15-8-10-19(13-16(15)2)27-17(3)22(24)23-12-6-7-18-9-11-20(25-4)21(14-18)26-5/h8-11,13-14,17H,6-7,12H2,1-5H3,(H,23,24)/t17-/m1/s1. The van der Waals surface area contributed by atoms with Gasteiger partial charge < -0.3 is 19.5 Å². The van der Waals surface area contributed by atoms with Crippen LogP contribution >= 0.6 is 0 Å². The van der Waals surface area contributed by atoms with E-state index in [2.05, 4.69) is 5.32 Å². The summed E-state index contributed by atoms with van der Waals surface area (Å²) in [4.78, 5) is 12.2. The molecule has 0 aromatic heterocycles. The quantitative estimate of drug-likeness (QED) is 0.681. The average molecular weight is 371 g/mol. The van der Waals surface area contributed by atoms with E-state index < -0.39 is 6.10 Å². The smallest absolute Gasteiger partial charge is 0.260 e. The lowest BCUT2D eigenvalue weighted by molar-refractivity contribution is -0.127. The lowest BCUT2D eigenvalue weighted by Gasteiger charge is -2.15. The maximum Gasteiger partial charge on any atom is 0.260 e. The number of hydrogen-bond donors (Lipinski definition) is 1. The highest BCUT2D eigenvalue weighted by molar-refractivity contribution is 5.80. The molecule has 0 saturated heterocycles. The summed E-state index contributed by atoms with van der Waals surface area (Å²) in [5, 5.41) is 2.93. The number of carbonyl (C=O) groups excluding carboxylic acids is 1. The third-order valence-corrected chi connectivity index (χ3v) is 4.55. The van der Waals surface area contributed by atoms with Crippen LogP contribution < -0.4 is 19.5 Å². The van der Waals surface area contributed by atoms with E-state index in [4.69, 9.17) is 14.2 Å². The molecule has 0 aliphatic rings. The topological polar surface area (TPSA) is 56.8 Å². The molecule has 0 aliphatic carbocycles. The van der Waals surface area contributed by atoms with E-state index in [0.717, 1.165) is 29.7 Å². The highest BCUT2D eigenvalue weighted by Gasteiger charge is 2.14. The molecule has 2 rings (SSSR count). The first kappa shape index (κ1) is 20.6. The number of carbonyl (C=O) groups is 1. The normalized spacial score (nSPS) is 11.6. The summed E-state index contributed by atoms with van der Waals surface area (Å²) in [6.07, 6.45) is 1.14. The number of nitrogens with one attached hydrogen (secondary N) is 1. The van der Waals surface area contributed by atoms with Crippen LogP contribution in [0.3, 0.4) is 0 Å². The number of hydrogen-bond acceptors (Lipinski definition) is 4. The molecule has 1 amide bonds. The van der Waals surface area contributed by atoms with Crippen molar-refractivity contribution in [3.63, 3.8) is 0 Å². The van der Waals surface area contributed by atoms with Crippen molar-refractivity contribution >= 4 is 5.91 Å². The van der Waals surface area contributed by atoms with E-state index >= 15 is 0 Å². The maximum atomic E-state index is 12.2. The number of amides is 1. The van der Waals surface area contributed by atoms with Crippen LogP contribution in [0.2, 0.25) is 0 Å². The van der Waals surface area contributed by atoms with Gasteiger partial charge in [-0.1, -0.05) is 12.1 Å². The van der Waals surface area contributed by atoms with Crippen molar-refractivity contribution in [3.8, 4) is 17.2 Å². The van der Waals surface area contributed by atoms with Gasteiger partial charge in [-0.05, 0) is 74.6 Å². The Labute approximate surface area is 161 Å². The molecule has 0 aliphatic heterocycles. The number of benzene rings is 2. The van der Waals surface area contributed by atoms with E-state index in [9.17, 15) is 4.79 Å². The van der Waals surface area contributed by atoms with Gasteiger partial charge in [-0.3, -0.25) is 4.79 Å². The zero-order valence-corrected chi connectivity index (χ0v) is 16.8. The third-order valence-electron chi connectivity index (χ3n) is 4.55. The Bertz CT molecular complexity index is 773. The molecule has 0 saturated carbocycles. The SMILES string of the molecule is COc1ccc(CCCNC(=O)[C@@H](C)Oc2ccc(C)c(C)c2)cc1OC. The summed E-state index contributed by atoms with van der Waals surface area (Å²) in [5.41, 5.74) is 3.49. The first-order valence-corrected chi connectivity index (χ1v) is 9.17. The molecule has 0 spiro atoms. The van der Waals surface area contributed by atoms with E-state index in [0.29, 0.717) is 18.0 Å². The fourth-order valence-corrected chi connectivity index (χ4v) is 2.73. The minimum Gasteiger partial charge on any atom is -0.493 e. The number of aryl methyl sites for hydroxylation is 3. The highest BCUT2D eigenvalue weighted by atomic mass is 16.5. The van der Waals surface area contributed by atoms with Gasteiger partial charge >= 0.3 is 0 Å². The zero-order valence-electron chi connectivity index (χ0n) is 16.8. The van der Waals surface area contributed by atoms with Crippen LogP contribution in [0.1, 0.15) is 30.0 Å². The molecule has 0 radical (unpaired) electrons. The molecule has 5 nitrogen and oxygen atoms in total. The largest absolute Gasteiger partial charge is 0.493 e. The van der Waals surface area contributed by atoms with Crippen molar-refractivity contribution in [3.05, 3.63) is 53.1 Å². The Morgan fingerprint density at radius 1 is 1.00 bits per heavy atom. The Hall–Kier alpha value is -2.69. The van der Waals surface area contributed by atoms with Gasteiger partial charge in [-0.25, -0.2) is 0 Å². The molecule has 1 N–H and O–H groups in total. The van der Waals surface area contributed by atoms with Crippen molar-refractivity contribution in [2.75, 3.05) is 20.8 Å². The summed E-state index contributed by atoms with van der Waals surface area (Å²) in [7, 11) is 3.24. The van der Waals surface area contributed by atoms with Gasteiger partial charge in [0.05, 0.1) is 14.2 Å². The molecular weight excluding hydrogens is 342 g/mol. The first-order chi connectivity index (χ1) is 12.9. The Kier molecular flexibility index (Phi) is 7.53. The molecule has 0 fully saturated rings. The first-order valence-electron chi connectivity index (χ1n) is 9.17. The van der Waals surface area contributed by atoms with Crippen LogP contribution in [-0.4, -0.2) is 32.8 Å². The van der Waals surface area contributed by atoms with Gasteiger partial charge in [0.1, 0.15) is 5.75 Å². The molecular formula is C22H29NO4. The van der Waals surface area contributed by atoms with Crippen molar-refractivity contribution in [2.45, 2.75) is 39.7 Å². The van der Waals surface area contributed by atoms with E-state index in [1.165, 1.54) is 5.56 Å². The summed E-state index contributed by atoms with van der Waals surface area (Å²) in [5.74, 6) is 2.04. The zero-order chi connectivity index (χ0) is 19.8. The van der Waals surface area contributed by atoms with Crippen LogP contribution in [0.15, 0.2) is 36.4 Å². The lowest BCUT2D eigenvalue weighted by Crippen LogP contribution is -2.36. The Morgan fingerprint density at radius 3 is 2.41 bits per heavy atom. The molecule has 5 heteroatoms. The molecule has 1 atom stereocenters. The maximum absolute atomic E-state index is 12.2. The van der Waals surface area contributed by atoms with Gasteiger partial charge in [-0.2, -0.15) is 0 Å². The molecule has 0 heterocycles. The summed E-state index contributed by atoms with van der Waals surface area (Å²) >= 11 is 0. The highest BCUT2D eigenvalue weighted by Crippen LogP contribution is 2.27. The number of rotatable bonds is 9. The van der Waals surface area contributed by atoms with Gasteiger partial charge in [-0.15, -0.1) is 0 Å². The van der Waals surface area contributed by atoms with Gasteiger partial charge in [0.15, 0.2) is 17.6 Å². The van der Waals surface area contributed by atoms with Crippen molar-refractivity contribution in [2.24, 2.45) is 0 Å². The second kappa shape index (κ2) is 9.86. The molecule has 2 aromatic rings. The predicted molar refractivity (Wildman–Crippen MR) is 107 cm³/mol. The van der Waals surface area contributed by atoms with E-state index in [1.54, 1.807) is 21.1 Å². The number of methoxy groups -OCH3 is 2. The third kappa shape index (κ3) is 5.91. The minimum atomic E-state index is -0.534. The van der Waals surface area contributed by atoms with Crippen LogP contribution in [0.25, 0.3) is 0 Å². The Balaban J connectivity index is 1.77. The van der Waals surface area contributed by atoms with Crippen molar-refractivity contribution < 1.29 is 19.0 Å². The van der Waals surface area contributed by atoms with Gasteiger partial charge in [0, 0.05) is 6.54 Å². The van der Waals surface area contributed by atoms with E-state index in [-0.39, 0.29) is 5.91 Å². The fraction of sp³-hybridized carbons (Fsp3) is 0.409. The van der Waals surface area contributed by atoms with E-state index in [1.807, 2.05) is 50.2 Å². The minimum absolute atomic E-state index is 0.111. The second-order valence-corrected chi connectivity index (χ2v) is 6.59.